The van der Waals surface area contributed by atoms with Gasteiger partial charge < -0.3 is 5.23 Å². The predicted molar refractivity (Wildman–Crippen MR) is 73.4 cm³/mol. The molecular weight excluding hydrogens is 193 g/mol. The van der Waals surface area contributed by atoms with Crippen molar-refractivity contribution in [3.05, 3.63) is 47.9 Å². The van der Waals surface area contributed by atoms with Crippen LogP contribution >= 0.6 is 0 Å². The fourth-order valence-corrected chi connectivity index (χ4v) is 1.82. The summed E-state index contributed by atoms with van der Waals surface area (Å²) in [6, 6.07) is 8.40. The average molecular weight is 211 g/mol. The van der Waals surface area contributed by atoms with Crippen molar-refractivity contribution < 1.29 is 0 Å². The Morgan fingerprint density at radius 2 is 2.12 bits per heavy atom. The number of rotatable bonds is 3. The summed E-state index contributed by atoms with van der Waals surface area (Å²) in [5, 5.41) is 3.50. The van der Waals surface area contributed by atoms with Crippen LogP contribution < -0.4 is 5.23 Å². The largest absolute Gasteiger partial charge is 0.420 e. The summed E-state index contributed by atoms with van der Waals surface area (Å²) in [6.45, 7) is 4.82. The Kier molecular flexibility index (Phi) is 3.50. The summed E-state index contributed by atoms with van der Waals surface area (Å²) < 4.78 is 0. The number of para-hydroxylation sites is 1. The van der Waals surface area contributed by atoms with Crippen LogP contribution in [0.3, 0.4) is 0 Å². The van der Waals surface area contributed by atoms with Crippen molar-refractivity contribution in [2.24, 2.45) is 5.92 Å². The molecule has 0 radical (unpaired) electrons. The summed E-state index contributed by atoms with van der Waals surface area (Å²) in [5.41, 5.74) is 2.50. The van der Waals surface area contributed by atoms with Crippen molar-refractivity contribution in [1.82, 2.24) is 0 Å². The fourth-order valence-electron chi connectivity index (χ4n) is 1.82. The first-order valence-corrected chi connectivity index (χ1v) is 5.96. The smallest absolute Gasteiger partial charge is 0.305 e. The van der Waals surface area contributed by atoms with Crippen LogP contribution in [0.4, 0.5) is 5.69 Å². The van der Waals surface area contributed by atoms with Gasteiger partial charge in [-0.15, -0.1) is 0 Å². The van der Waals surface area contributed by atoms with Crippen LogP contribution in [0.5, 0.6) is 0 Å². The highest BCUT2D eigenvalue weighted by Gasteiger charge is 2.12. The van der Waals surface area contributed by atoms with Crippen molar-refractivity contribution in [2.75, 3.05) is 5.23 Å². The summed E-state index contributed by atoms with van der Waals surface area (Å²) in [6.07, 6.45) is 5.60. The van der Waals surface area contributed by atoms with Crippen LogP contribution in [-0.2, 0) is 0 Å². The van der Waals surface area contributed by atoms with Crippen LogP contribution in [0.1, 0.15) is 25.8 Å². The summed E-state index contributed by atoms with van der Waals surface area (Å²) in [5.74, 6) is 5.18. The monoisotopic (exact) mass is 211 g/mol. The van der Waals surface area contributed by atoms with Crippen molar-refractivity contribution in [3.63, 3.8) is 0 Å². The first-order valence-electron chi connectivity index (χ1n) is 5.96. The molecule has 0 fully saturated rings. The zero-order valence-electron chi connectivity index (χ0n) is 9.98. The van der Waals surface area contributed by atoms with E-state index in [-0.39, 0.29) is 0 Å². The molecule has 16 heavy (non-hydrogen) atoms. The minimum Gasteiger partial charge on any atom is -0.420 e. The van der Waals surface area contributed by atoms with Gasteiger partial charge in [0.25, 0.3) is 0 Å². The summed E-state index contributed by atoms with van der Waals surface area (Å²) >= 11 is 0. The number of fused-ring (bicyclic) bond motifs is 1. The van der Waals surface area contributed by atoms with Crippen molar-refractivity contribution in [1.29, 1.82) is 0 Å². The van der Waals surface area contributed by atoms with Gasteiger partial charge in [-0.1, -0.05) is 56.1 Å². The van der Waals surface area contributed by atoms with E-state index in [9.17, 15) is 0 Å². The standard InChI is InChI=1S/C14H18BN/c1-12(2)6-5-10-15-11-9-13-7-3-4-8-14(13)16-15/h3-5,7-12,16H,6H2,1-2H3/b10-5+. The number of benzene rings is 1. The van der Waals surface area contributed by atoms with E-state index in [1.165, 1.54) is 11.3 Å². The first-order chi connectivity index (χ1) is 7.75. The molecule has 82 valence electrons. The predicted octanol–water partition coefficient (Wildman–Crippen LogP) is 3.80. The molecule has 1 aliphatic heterocycles. The van der Waals surface area contributed by atoms with Gasteiger partial charge in [0.05, 0.1) is 0 Å². The maximum atomic E-state index is 3.50. The highest BCUT2D eigenvalue weighted by atomic mass is 14.8. The van der Waals surface area contributed by atoms with E-state index in [1.54, 1.807) is 0 Å². The number of hydrogen-bond donors (Lipinski definition) is 1. The second-order valence-corrected chi connectivity index (χ2v) is 4.67. The minimum absolute atomic E-state index is 0.341. The molecule has 0 aliphatic carbocycles. The number of hydrogen-bond acceptors (Lipinski definition) is 1. The maximum absolute atomic E-state index is 3.50. The van der Waals surface area contributed by atoms with Gasteiger partial charge in [-0.05, 0) is 24.0 Å². The Morgan fingerprint density at radius 3 is 2.94 bits per heavy atom. The second kappa shape index (κ2) is 5.06. The number of anilines is 1. The van der Waals surface area contributed by atoms with Gasteiger partial charge in [-0.3, -0.25) is 0 Å². The van der Waals surface area contributed by atoms with Crippen LogP contribution in [0.25, 0.3) is 6.08 Å². The molecule has 0 unspecified atom stereocenters. The zero-order valence-corrected chi connectivity index (χ0v) is 9.98. The first kappa shape index (κ1) is 11.1. The Hall–Kier alpha value is -1.44. The van der Waals surface area contributed by atoms with E-state index >= 15 is 0 Å². The van der Waals surface area contributed by atoms with Crippen molar-refractivity contribution in [3.8, 4) is 0 Å². The zero-order chi connectivity index (χ0) is 11.4. The van der Waals surface area contributed by atoms with Crippen molar-refractivity contribution >= 4 is 18.6 Å². The molecule has 1 aromatic carbocycles. The molecule has 0 bridgehead atoms. The Bertz CT molecular complexity index is 407. The molecule has 1 N–H and O–H groups in total. The third-order valence-corrected chi connectivity index (χ3v) is 2.72. The van der Waals surface area contributed by atoms with E-state index in [2.05, 4.69) is 67.4 Å². The number of allylic oxidation sites excluding steroid dienone is 1. The van der Waals surface area contributed by atoms with Gasteiger partial charge in [-0.25, -0.2) is 0 Å². The lowest BCUT2D eigenvalue weighted by atomic mass is 9.60. The van der Waals surface area contributed by atoms with E-state index in [1.807, 2.05) is 0 Å². The highest BCUT2D eigenvalue weighted by Crippen LogP contribution is 2.21. The fraction of sp³-hybridized carbons (Fsp3) is 0.286. The van der Waals surface area contributed by atoms with Crippen LogP contribution in [-0.4, -0.2) is 6.85 Å². The van der Waals surface area contributed by atoms with Gasteiger partial charge >= 0.3 is 6.85 Å². The molecule has 0 saturated carbocycles. The second-order valence-electron chi connectivity index (χ2n) is 4.67. The normalized spacial score (nSPS) is 14.3. The van der Waals surface area contributed by atoms with E-state index in [0.29, 0.717) is 6.85 Å². The highest BCUT2D eigenvalue weighted by molar-refractivity contribution is 6.73. The number of nitrogens with one attached hydrogen (secondary N) is 1. The Balaban J connectivity index is 2.01. The van der Waals surface area contributed by atoms with Crippen LogP contribution in [0.2, 0.25) is 0 Å². The Labute approximate surface area is 98.4 Å². The quantitative estimate of drug-likeness (QED) is 0.750. The third-order valence-electron chi connectivity index (χ3n) is 2.72. The lowest BCUT2D eigenvalue weighted by molar-refractivity contribution is 0.664. The van der Waals surface area contributed by atoms with E-state index < -0.39 is 0 Å². The molecule has 1 heterocycles. The summed E-state index contributed by atoms with van der Waals surface area (Å²) in [4.78, 5) is 0. The van der Waals surface area contributed by atoms with Gasteiger partial charge in [0.2, 0.25) is 0 Å². The SMILES string of the molecule is CC(C)C/C=C/B1C=Cc2ccccc2N1. The lowest BCUT2D eigenvalue weighted by Crippen LogP contribution is -2.23. The van der Waals surface area contributed by atoms with Gasteiger partial charge in [-0.2, -0.15) is 0 Å². The maximum Gasteiger partial charge on any atom is 0.305 e. The van der Waals surface area contributed by atoms with Gasteiger partial charge in [0.1, 0.15) is 0 Å². The average Bonchev–Trinajstić information content (AvgIpc) is 2.28. The Morgan fingerprint density at radius 1 is 1.31 bits per heavy atom. The molecule has 0 spiro atoms. The van der Waals surface area contributed by atoms with Crippen LogP contribution in [0.15, 0.2) is 42.3 Å². The molecule has 1 aromatic rings. The third kappa shape index (κ3) is 2.78. The summed E-state index contributed by atoms with van der Waals surface area (Å²) in [7, 11) is 0. The minimum atomic E-state index is 0.341. The molecule has 0 aromatic heterocycles. The molecule has 1 nitrogen and oxygen atoms in total. The van der Waals surface area contributed by atoms with Crippen molar-refractivity contribution in [2.45, 2.75) is 20.3 Å². The van der Waals surface area contributed by atoms with E-state index in [4.69, 9.17) is 0 Å². The lowest BCUT2D eigenvalue weighted by Gasteiger charge is -2.17. The molecule has 1 aliphatic rings. The topological polar surface area (TPSA) is 12.0 Å². The van der Waals surface area contributed by atoms with Crippen LogP contribution in [0, 0.1) is 5.92 Å². The van der Waals surface area contributed by atoms with Gasteiger partial charge in [0, 0.05) is 5.69 Å². The molecule has 2 heteroatoms. The molecule has 0 atom stereocenters. The molecular formula is C14H18BN. The van der Waals surface area contributed by atoms with Gasteiger partial charge in [0.15, 0.2) is 0 Å². The molecule has 2 rings (SSSR count). The van der Waals surface area contributed by atoms with E-state index in [0.717, 1.165) is 12.3 Å². The molecule has 0 amide bonds. The molecule has 0 saturated heterocycles.